The molecule has 1 aromatic carbocycles. The number of rotatable bonds is 2. The molecule has 0 aliphatic carbocycles. The van der Waals surface area contributed by atoms with Gasteiger partial charge in [0, 0.05) is 0 Å². The van der Waals surface area contributed by atoms with Crippen molar-refractivity contribution in [2.45, 2.75) is 13.5 Å². The van der Waals surface area contributed by atoms with Crippen LogP contribution in [0.5, 0.6) is 0 Å². The van der Waals surface area contributed by atoms with E-state index in [0.29, 0.717) is 11.3 Å². The van der Waals surface area contributed by atoms with Crippen LogP contribution in [0.3, 0.4) is 0 Å². The monoisotopic (exact) mass is 269 g/mol. The topological polar surface area (TPSA) is 30.7 Å². The summed E-state index contributed by atoms with van der Waals surface area (Å²) in [6.07, 6.45) is 0. The van der Waals surface area contributed by atoms with Crippen LogP contribution in [0.15, 0.2) is 29.0 Å². The summed E-state index contributed by atoms with van der Waals surface area (Å²) in [7, 11) is 0. The predicted octanol–water partition coefficient (Wildman–Crippen LogP) is 2.54. The molecule has 0 amide bonds. The molecular weight excluding hydrogens is 261 g/mol. The number of nitrogens with zero attached hydrogens (tertiary/aromatic N) is 3. The number of benzene rings is 1. The fraction of sp³-hybridized carbons (Fsp3) is 0.200. The van der Waals surface area contributed by atoms with Gasteiger partial charge in [0.15, 0.2) is 0 Å². The fourth-order valence-corrected chi connectivity index (χ4v) is 1.75. The van der Waals surface area contributed by atoms with E-state index in [2.05, 4.69) is 26.0 Å². The minimum absolute atomic E-state index is 0.227. The van der Waals surface area contributed by atoms with Gasteiger partial charge in [0.25, 0.3) is 0 Å². The van der Waals surface area contributed by atoms with Gasteiger partial charge in [-0.25, -0.2) is 14.1 Å². The summed E-state index contributed by atoms with van der Waals surface area (Å²) in [4.78, 5) is 4.12. The molecule has 1 heterocycles. The first-order valence-electron chi connectivity index (χ1n) is 4.46. The summed E-state index contributed by atoms with van der Waals surface area (Å²) in [5, 5.41) is 4.16. The summed E-state index contributed by atoms with van der Waals surface area (Å²) in [6.45, 7) is 2.48. The second kappa shape index (κ2) is 4.10. The lowest BCUT2D eigenvalue weighted by molar-refractivity contribution is 0.622. The van der Waals surface area contributed by atoms with Crippen molar-refractivity contribution in [3.05, 3.63) is 46.2 Å². The quantitative estimate of drug-likeness (QED) is 0.839. The molecule has 0 aliphatic heterocycles. The molecule has 15 heavy (non-hydrogen) atoms. The van der Waals surface area contributed by atoms with Crippen LogP contribution < -0.4 is 0 Å². The van der Waals surface area contributed by atoms with Crippen molar-refractivity contribution in [2.75, 3.05) is 0 Å². The summed E-state index contributed by atoms with van der Waals surface area (Å²) >= 11 is 3.20. The molecule has 2 aromatic rings. The Balaban J connectivity index is 2.21. The highest BCUT2D eigenvalue weighted by atomic mass is 79.9. The van der Waals surface area contributed by atoms with Crippen LogP contribution >= 0.6 is 15.9 Å². The Hall–Kier alpha value is -1.23. The molecule has 0 fully saturated rings. The molecule has 78 valence electrons. The largest absolute Gasteiger partial charge is 0.245 e. The summed E-state index contributed by atoms with van der Waals surface area (Å²) in [5.41, 5.74) is 0.997. The van der Waals surface area contributed by atoms with E-state index in [1.807, 2.05) is 6.92 Å². The average Bonchev–Trinajstić information content (AvgIpc) is 2.49. The van der Waals surface area contributed by atoms with Crippen LogP contribution in [-0.2, 0) is 6.54 Å². The van der Waals surface area contributed by atoms with Gasteiger partial charge in [-0.1, -0.05) is 12.1 Å². The molecule has 5 heteroatoms. The van der Waals surface area contributed by atoms with Crippen molar-refractivity contribution in [1.82, 2.24) is 14.8 Å². The number of aryl methyl sites for hydroxylation is 1. The van der Waals surface area contributed by atoms with Crippen LogP contribution in [0.2, 0.25) is 0 Å². The molecule has 0 saturated heterocycles. The number of hydrogen-bond donors (Lipinski definition) is 0. The maximum atomic E-state index is 12.7. The van der Waals surface area contributed by atoms with Gasteiger partial charge in [-0.3, -0.25) is 0 Å². The van der Waals surface area contributed by atoms with Crippen molar-refractivity contribution in [1.29, 1.82) is 0 Å². The normalized spacial score (nSPS) is 10.6. The Labute approximate surface area is 95.1 Å². The smallest absolute Gasteiger partial charge is 0.217 e. The van der Waals surface area contributed by atoms with E-state index >= 15 is 0 Å². The first-order valence-corrected chi connectivity index (χ1v) is 5.26. The third-order valence-corrected chi connectivity index (χ3v) is 2.41. The third-order valence-electron chi connectivity index (χ3n) is 2.08. The third kappa shape index (κ3) is 2.41. The van der Waals surface area contributed by atoms with Gasteiger partial charge in [0.05, 0.1) is 6.54 Å². The van der Waals surface area contributed by atoms with E-state index in [-0.39, 0.29) is 5.82 Å². The minimum Gasteiger partial charge on any atom is -0.245 e. The molecule has 0 N–H and O–H groups in total. The average molecular weight is 270 g/mol. The van der Waals surface area contributed by atoms with Gasteiger partial charge in [-0.2, -0.15) is 0 Å². The lowest BCUT2D eigenvalue weighted by Gasteiger charge is -2.02. The van der Waals surface area contributed by atoms with Crippen molar-refractivity contribution in [3.8, 4) is 0 Å². The van der Waals surface area contributed by atoms with Crippen molar-refractivity contribution in [3.63, 3.8) is 0 Å². The Morgan fingerprint density at radius 3 is 2.53 bits per heavy atom. The van der Waals surface area contributed by atoms with E-state index in [0.717, 1.165) is 11.4 Å². The molecule has 0 aliphatic rings. The predicted molar refractivity (Wildman–Crippen MR) is 58.0 cm³/mol. The Bertz CT molecular complexity index is 464. The second-order valence-corrected chi connectivity index (χ2v) is 3.92. The van der Waals surface area contributed by atoms with Gasteiger partial charge in [-0.05, 0) is 40.5 Å². The Kier molecular flexibility index (Phi) is 2.81. The van der Waals surface area contributed by atoms with Gasteiger partial charge >= 0.3 is 0 Å². The summed E-state index contributed by atoms with van der Waals surface area (Å²) in [5.74, 6) is 0.599. The van der Waals surface area contributed by atoms with E-state index in [9.17, 15) is 4.39 Å². The molecule has 0 spiro atoms. The maximum absolute atomic E-state index is 12.7. The Morgan fingerprint density at radius 1 is 1.33 bits per heavy atom. The molecule has 0 unspecified atom stereocenters. The maximum Gasteiger partial charge on any atom is 0.217 e. The van der Waals surface area contributed by atoms with E-state index in [1.165, 1.54) is 12.1 Å². The van der Waals surface area contributed by atoms with Crippen LogP contribution in [-0.4, -0.2) is 14.8 Å². The number of halogens is 2. The fourth-order valence-electron chi connectivity index (χ4n) is 1.30. The first kappa shape index (κ1) is 10.3. The second-order valence-electron chi connectivity index (χ2n) is 3.21. The van der Waals surface area contributed by atoms with Gasteiger partial charge in [0.1, 0.15) is 11.6 Å². The van der Waals surface area contributed by atoms with Gasteiger partial charge < -0.3 is 0 Å². The summed E-state index contributed by atoms with van der Waals surface area (Å²) in [6, 6.07) is 6.36. The summed E-state index contributed by atoms with van der Waals surface area (Å²) < 4.78 is 15.0. The molecular formula is C10H9BrFN3. The highest BCUT2D eigenvalue weighted by Crippen LogP contribution is 2.08. The number of aromatic nitrogens is 3. The lowest BCUT2D eigenvalue weighted by Crippen LogP contribution is -2.03. The zero-order chi connectivity index (χ0) is 10.8. The first-order chi connectivity index (χ1) is 7.15. The molecule has 0 radical (unpaired) electrons. The zero-order valence-corrected chi connectivity index (χ0v) is 9.70. The van der Waals surface area contributed by atoms with E-state index < -0.39 is 0 Å². The lowest BCUT2D eigenvalue weighted by atomic mass is 10.2. The van der Waals surface area contributed by atoms with Crippen molar-refractivity contribution >= 4 is 15.9 Å². The highest BCUT2D eigenvalue weighted by molar-refractivity contribution is 9.10. The molecule has 2 rings (SSSR count). The van der Waals surface area contributed by atoms with Crippen molar-refractivity contribution in [2.24, 2.45) is 0 Å². The Morgan fingerprint density at radius 2 is 2.00 bits per heavy atom. The SMILES string of the molecule is Cc1nc(Br)nn1Cc1ccc(F)cc1. The molecule has 0 bridgehead atoms. The highest BCUT2D eigenvalue weighted by Gasteiger charge is 2.03. The van der Waals surface area contributed by atoms with Gasteiger partial charge in [-0.15, -0.1) is 5.10 Å². The number of hydrogen-bond acceptors (Lipinski definition) is 2. The van der Waals surface area contributed by atoms with E-state index in [4.69, 9.17) is 0 Å². The van der Waals surface area contributed by atoms with Gasteiger partial charge in [0.2, 0.25) is 4.73 Å². The molecule has 0 atom stereocenters. The van der Waals surface area contributed by atoms with Crippen LogP contribution in [0.4, 0.5) is 4.39 Å². The van der Waals surface area contributed by atoms with Crippen LogP contribution in [0, 0.1) is 12.7 Å². The minimum atomic E-state index is -0.227. The zero-order valence-electron chi connectivity index (χ0n) is 8.11. The van der Waals surface area contributed by atoms with Crippen LogP contribution in [0.1, 0.15) is 11.4 Å². The molecule has 3 nitrogen and oxygen atoms in total. The standard InChI is InChI=1S/C10H9BrFN3/c1-7-13-10(11)14-15(7)6-8-2-4-9(12)5-3-8/h2-5H,6H2,1H3. The molecule has 1 aromatic heterocycles. The molecule has 0 saturated carbocycles. The van der Waals surface area contributed by atoms with E-state index in [1.54, 1.807) is 16.8 Å². The van der Waals surface area contributed by atoms with Crippen LogP contribution in [0.25, 0.3) is 0 Å². The van der Waals surface area contributed by atoms with Crippen molar-refractivity contribution < 1.29 is 4.39 Å².